The third-order valence-electron chi connectivity index (χ3n) is 11.9. The first-order valence-electron chi connectivity index (χ1n) is 22.5. The zero-order valence-corrected chi connectivity index (χ0v) is 37.2. The second kappa shape index (κ2) is 21.7. The predicted octanol–water partition coefficient (Wildman–Crippen LogP) is 17.1. The molecule has 0 spiro atoms. The van der Waals surface area contributed by atoms with Crippen LogP contribution in [0.4, 0.5) is 11.4 Å². The Morgan fingerprint density at radius 3 is 1.84 bits per heavy atom. The van der Waals surface area contributed by atoms with Gasteiger partial charge in [0.15, 0.2) is 0 Å². The first-order chi connectivity index (χ1) is 30.5. The highest BCUT2D eigenvalue weighted by atomic mass is 15.2. The first-order valence-corrected chi connectivity index (χ1v) is 22.5. The van der Waals surface area contributed by atoms with Crippen LogP contribution in [-0.4, -0.2) is 6.04 Å². The molecule has 6 aromatic carbocycles. The summed E-state index contributed by atoms with van der Waals surface area (Å²) in [5.41, 5.74) is 15.9. The van der Waals surface area contributed by atoms with Crippen LogP contribution in [-0.2, 0) is 0 Å². The lowest BCUT2D eigenvalue weighted by atomic mass is 9.83. The van der Waals surface area contributed by atoms with E-state index in [2.05, 4.69) is 244 Å². The zero-order valence-electron chi connectivity index (χ0n) is 37.2. The highest BCUT2D eigenvalue weighted by Gasteiger charge is 2.22. The normalized spacial score (nSPS) is 17.0. The van der Waals surface area contributed by atoms with Gasteiger partial charge in [-0.1, -0.05) is 231 Å². The lowest BCUT2D eigenvalue weighted by Crippen LogP contribution is -2.30. The van der Waals surface area contributed by atoms with Crippen LogP contribution in [0.2, 0.25) is 0 Å². The highest BCUT2D eigenvalue weighted by molar-refractivity contribution is 5.96. The summed E-state index contributed by atoms with van der Waals surface area (Å²) in [6.07, 6.45) is 31.3. The van der Waals surface area contributed by atoms with Gasteiger partial charge in [0.05, 0.1) is 6.04 Å². The maximum absolute atomic E-state index is 2.50. The van der Waals surface area contributed by atoms with E-state index in [0.29, 0.717) is 5.92 Å². The van der Waals surface area contributed by atoms with Crippen LogP contribution >= 0.6 is 0 Å². The molecule has 0 radical (unpaired) electrons. The van der Waals surface area contributed by atoms with E-state index in [1.54, 1.807) is 0 Å². The number of benzene rings is 6. The molecule has 6 aromatic rings. The van der Waals surface area contributed by atoms with Crippen molar-refractivity contribution in [3.63, 3.8) is 0 Å². The number of anilines is 2. The average Bonchev–Trinajstić information content (AvgIpc) is 3.34. The van der Waals surface area contributed by atoms with E-state index in [1.165, 1.54) is 97.1 Å². The van der Waals surface area contributed by atoms with Crippen molar-refractivity contribution in [1.29, 1.82) is 0 Å². The molecule has 2 unspecified atom stereocenters. The van der Waals surface area contributed by atoms with Crippen molar-refractivity contribution < 1.29 is 0 Å². The Hall–Kier alpha value is -6.70. The number of hydrogen-bond acceptors (Lipinski definition) is 1. The van der Waals surface area contributed by atoms with E-state index in [1.807, 2.05) is 13.8 Å². The smallest absolute Gasteiger partial charge is 0.0560 e. The van der Waals surface area contributed by atoms with E-state index < -0.39 is 0 Å². The Labute approximate surface area is 371 Å². The first kappa shape index (κ1) is 43.4. The summed E-state index contributed by atoms with van der Waals surface area (Å²) in [4.78, 5) is 2.50. The van der Waals surface area contributed by atoms with E-state index in [0.717, 1.165) is 6.42 Å². The van der Waals surface area contributed by atoms with Gasteiger partial charge in [-0.05, 0) is 109 Å². The number of nitrogens with zero attached hydrogens (tertiary/aromatic N) is 1. The summed E-state index contributed by atoms with van der Waals surface area (Å²) in [5, 5.41) is 2.53. The van der Waals surface area contributed by atoms with Gasteiger partial charge in [-0.15, -0.1) is 0 Å². The van der Waals surface area contributed by atoms with Gasteiger partial charge in [-0.3, -0.25) is 0 Å². The number of hydrogen-bond donors (Lipinski definition) is 0. The van der Waals surface area contributed by atoms with E-state index in [9.17, 15) is 0 Å². The lowest BCUT2D eigenvalue weighted by Gasteiger charge is -2.34. The minimum atomic E-state index is 0.229. The molecule has 0 heterocycles. The van der Waals surface area contributed by atoms with Crippen molar-refractivity contribution in [3.8, 4) is 11.1 Å². The lowest BCUT2D eigenvalue weighted by molar-refractivity contribution is 0.728. The molecular weight excluding hydrogens is 747 g/mol. The maximum Gasteiger partial charge on any atom is 0.0560 e. The topological polar surface area (TPSA) is 3.24 Å². The Morgan fingerprint density at radius 1 is 0.516 bits per heavy atom. The fourth-order valence-electron chi connectivity index (χ4n) is 8.44. The SMILES string of the molecule is CC.CC1=CC=CC2=CC=CCC12.Cc1ccc(C2=CC=CCC2)cc1.Cc1ccc(C2=CCC(N(c3ccc(-c4ccccc4)cc3)c3cccc4ccccc34)C=C2)cc1. The van der Waals surface area contributed by atoms with Gasteiger partial charge in [0.2, 0.25) is 0 Å². The molecular formula is C61H61N. The average molecular weight is 808 g/mol. The summed E-state index contributed by atoms with van der Waals surface area (Å²) < 4.78 is 0. The van der Waals surface area contributed by atoms with Crippen LogP contribution < -0.4 is 4.90 Å². The molecule has 62 heavy (non-hydrogen) atoms. The Morgan fingerprint density at radius 2 is 1.16 bits per heavy atom. The molecule has 0 aromatic heterocycles. The third-order valence-corrected chi connectivity index (χ3v) is 11.9. The summed E-state index contributed by atoms with van der Waals surface area (Å²) in [5.74, 6) is 0.671. The van der Waals surface area contributed by atoms with Crippen molar-refractivity contribution in [2.45, 2.75) is 66.3 Å². The van der Waals surface area contributed by atoms with Crippen LogP contribution in [0.15, 0.2) is 230 Å². The summed E-state index contributed by atoms with van der Waals surface area (Å²) in [7, 11) is 0. The third kappa shape index (κ3) is 11.0. The molecule has 1 heteroatoms. The predicted molar refractivity (Wildman–Crippen MR) is 272 cm³/mol. The van der Waals surface area contributed by atoms with Gasteiger partial charge >= 0.3 is 0 Å². The maximum atomic E-state index is 2.50. The van der Waals surface area contributed by atoms with Crippen LogP contribution in [0.3, 0.4) is 0 Å². The van der Waals surface area contributed by atoms with Gasteiger partial charge in [-0.25, -0.2) is 0 Å². The second-order valence-corrected chi connectivity index (χ2v) is 16.1. The van der Waals surface area contributed by atoms with Crippen LogP contribution in [0.25, 0.3) is 33.0 Å². The second-order valence-electron chi connectivity index (χ2n) is 16.1. The fraction of sp³-hybridized carbons (Fsp3) is 0.180. The van der Waals surface area contributed by atoms with Gasteiger partial charge in [0.1, 0.15) is 0 Å². The fourth-order valence-corrected chi connectivity index (χ4v) is 8.44. The van der Waals surface area contributed by atoms with Crippen molar-refractivity contribution >= 4 is 33.3 Å². The quantitative estimate of drug-likeness (QED) is 0.162. The van der Waals surface area contributed by atoms with Crippen LogP contribution in [0, 0.1) is 19.8 Å². The molecule has 0 amide bonds. The molecule has 10 rings (SSSR count). The van der Waals surface area contributed by atoms with E-state index >= 15 is 0 Å². The molecule has 0 N–H and O–H groups in total. The zero-order chi connectivity index (χ0) is 43.1. The highest BCUT2D eigenvalue weighted by Crippen LogP contribution is 2.38. The van der Waals surface area contributed by atoms with E-state index in [4.69, 9.17) is 0 Å². The summed E-state index contributed by atoms with van der Waals surface area (Å²) in [6, 6.07) is 52.7. The van der Waals surface area contributed by atoms with Crippen LogP contribution in [0.5, 0.6) is 0 Å². The molecule has 1 nitrogen and oxygen atoms in total. The summed E-state index contributed by atoms with van der Waals surface area (Å²) >= 11 is 0. The molecule has 0 fully saturated rings. The van der Waals surface area contributed by atoms with Gasteiger partial charge in [-0.2, -0.15) is 0 Å². The monoisotopic (exact) mass is 807 g/mol. The Bertz CT molecular complexity index is 2630. The molecule has 0 bridgehead atoms. The summed E-state index contributed by atoms with van der Waals surface area (Å²) in [6.45, 7) is 10.5. The molecule has 4 aliphatic carbocycles. The molecule has 0 saturated heterocycles. The van der Waals surface area contributed by atoms with Crippen LogP contribution in [0.1, 0.15) is 68.7 Å². The molecule has 0 aliphatic heterocycles. The molecule has 2 atom stereocenters. The largest absolute Gasteiger partial charge is 0.334 e. The van der Waals surface area contributed by atoms with Gasteiger partial charge in [0, 0.05) is 22.7 Å². The number of allylic oxidation sites excluding steroid dienone is 14. The Balaban J connectivity index is 0.000000180. The van der Waals surface area contributed by atoms with Gasteiger partial charge < -0.3 is 4.90 Å². The molecule has 0 saturated carbocycles. The number of aryl methyl sites for hydroxylation is 2. The van der Waals surface area contributed by atoms with Crippen molar-refractivity contribution in [1.82, 2.24) is 0 Å². The van der Waals surface area contributed by atoms with Gasteiger partial charge in [0.25, 0.3) is 0 Å². The molecule has 4 aliphatic rings. The van der Waals surface area contributed by atoms with Crippen molar-refractivity contribution in [2.75, 3.05) is 4.90 Å². The van der Waals surface area contributed by atoms with Crippen molar-refractivity contribution in [2.24, 2.45) is 5.92 Å². The van der Waals surface area contributed by atoms with Crippen molar-refractivity contribution in [3.05, 3.63) is 252 Å². The standard InChI is InChI=1S/C35H29N.C13H14.C11H12.C2H6/c1-26-14-16-28(17-15-26)30-20-24-33(25-21-30)36(35-13-7-11-31-10-5-6-12-34(31)35)32-22-18-29(19-23-32)27-8-3-2-4-9-27;1-11-7-9-13(10-8-11)12-5-3-2-4-6-12;1-9-5-4-7-10-6-2-3-8-11(9)10;1-2/h2-24,33H,25H2,1H3;2-3,5,7-10H,4,6H2,1H3;2-7,11H,8H2,1H3;1-2H3. The number of rotatable bonds is 6. The minimum absolute atomic E-state index is 0.229. The Kier molecular flexibility index (Phi) is 15.2. The minimum Gasteiger partial charge on any atom is -0.334 e. The number of fused-ring (bicyclic) bond motifs is 2. The van der Waals surface area contributed by atoms with E-state index in [-0.39, 0.29) is 6.04 Å². The molecule has 310 valence electrons.